The van der Waals surface area contributed by atoms with E-state index in [0.29, 0.717) is 39.9 Å². The van der Waals surface area contributed by atoms with Crippen LogP contribution in [0.5, 0.6) is 11.5 Å². The van der Waals surface area contributed by atoms with Gasteiger partial charge in [0.15, 0.2) is 0 Å². The van der Waals surface area contributed by atoms with Crippen molar-refractivity contribution < 1.29 is 32.5 Å². The largest absolute Gasteiger partial charge is 0.496 e. The summed E-state index contributed by atoms with van der Waals surface area (Å²) in [6.45, 7) is 1.74. The highest BCUT2D eigenvalue weighted by Crippen LogP contribution is 2.38. The average Bonchev–Trinajstić information content (AvgIpc) is 2.76. The molecule has 0 aliphatic rings. The quantitative estimate of drug-likeness (QED) is 0.559. The molecule has 0 unspecified atom stereocenters. The predicted octanol–water partition coefficient (Wildman–Crippen LogP) is 4.44. The van der Waals surface area contributed by atoms with Crippen LogP contribution in [-0.4, -0.2) is 42.9 Å². The molecule has 1 atom stereocenters. The van der Waals surface area contributed by atoms with Crippen molar-refractivity contribution in [3.63, 3.8) is 0 Å². The molecule has 1 heterocycles. The number of carbonyl (C=O) groups is 1. The number of amides is 1. The van der Waals surface area contributed by atoms with E-state index >= 15 is 0 Å². The van der Waals surface area contributed by atoms with Gasteiger partial charge >= 0.3 is 6.18 Å². The number of nitrogens with one attached hydrogen (secondary N) is 1. The van der Waals surface area contributed by atoms with Crippen LogP contribution < -0.4 is 14.8 Å². The highest BCUT2D eigenvalue weighted by Gasteiger charge is 2.31. The van der Waals surface area contributed by atoms with Crippen molar-refractivity contribution in [1.29, 1.82) is 0 Å². The zero-order chi connectivity index (χ0) is 23.5. The molecule has 0 bridgehead atoms. The van der Waals surface area contributed by atoms with Crippen LogP contribution in [0.15, 0.2) is 42.5 Å². The molecule has 0 saturated carbocycles. The third-order valence-corrected chi connectivity index (χ3v) is 5.00. The number of benzene rings is 2. The van der Waals surface area contributed by atoms with Gasteiger partial charge in [-0.05, 0) is 49.7 Å². The molecular formula is C23H23F3N2O4. The molecule has 6 nitrogen and oxygen atoms in total. The van der Waals surface area contributed by atoms with E-state index in [0.717, 1.165) is 12.1 Å². The van der Waals surface area contributed by atoms with Gasteiger partial charge in [0, 0.05) is 35.2 Å². The number of hydrogen-bond acceptors (Lipinski definition) is 5. The second-order valence-corrected chi connectivity index (χ2v) is 7.24. The number of aliphatic hydroxyl groups is 1. The summed E-state index contributed by atoms with van der Waals surface area (Å²) in [5.41, 5.74) is 0.650. The smallest absolute Gasteiger partial charge is 0.416 e. The summed E-state index contributed by atoms with van der Waals surface area (Å²) < 4.78 is 49.9. The van der Waals surface area contributed by atoms with Crippen LogP contribution in [-0.2, 0) is 6.18 Å². The summed E-state index contributed by atoms with van der Waals surface area (Å²) in [6.07, 6.45) is -4.08. The number of halogens is 3. The van der Waals surface area contributed by atoms with E-state index in [-0.39, 0.29) is 24.3 Å². The van der Waals surface area contributed by atoms with Crippen LogP contribution in [0.2, 0.25) is 0 Å². The summed E-state index contributed by atoms with van der Waals surface area (Å²) in [5.74, 6) is 0.138. The van der Waals surface area contributed by atoms with Gasteiger partial charge in [0.1, 0.15) is 11.5 Å². The maximum absolute atomic E-state index is 13.1. The van der Waals surface area contributed by atoms with Gasteiger partial charge in [0.05, 0.1) is 31.0 Å². The fourth-order valence-corrected chi connectivity index (χ4v) is 3.30. The molecular weight excluding hydrogens is 425 g/mol. The van der Waals surface area contributed by atoms with E-state index in [4.69, 9.17) is 14.6 Å². The molecule has 0 aliphatic carbocycles. The fourth-order valence-electron chi connectivity index (χ4n) is 3.30. The minimum atomic E-state index is -4.50. The van der Waals surface area contributed by atoms with Gasteiger partial charge in [-0.25, -0.2) is 4.98 Å². The van der Waals surface area contributed by atoms with Gasteiger partial charge < -0.3 is 19.9 Å². The third-order valence-electron chi connectivity index (χ3n) is 5.00. The molecule has 0 radical (unpaired) electrons. The van der Waals surface area contributed by atoms with E-state index in [9.17, 15) is 18.0 Å². The summed E-state index contributed by atoms with van der Waals surface area (Å²) in [7, 11) is 2.76. The number of carbonyl (C=O) groups excluding carboxylic acids is 1. The maximum Gasteiger partial charge on any atom is 0.416 e. The Labute approximate surface area is 183 Å². The molecule has 1 amide bonds. The second kappa shape index (κ2) is 9.44. The number of methoxy groups -OCH3 is 2. The first-order chi connectivity index (χ1) is 15.2. The van der Waals surface area contributed by atoms with Crippen LogP contribution in [0.3, 0.4) is 0 Å². The molecule has 0 spiro atoms. The second-order valence-electron chi connectivity index (χ2n) is 7.24. The van der Waals surface area contributed by atoms with E-state index in [1.807, 2.05) is 0 Å². The number of rotatable bonds is 7. The van der Waals surface area contributed by atoms with Crippen molar-refractivity contribution in [3.05, 3.63) is 53.6 Å². The molecule has 0 aliphatic heterocycles. The van der Waals surface area contributed by atoms with Crippen molar-refractivity contribution in [3.8, 4) is 22.8 Å². The minimum absolute atomic E-state index is 0.0143. The summed E-state index contributed by atoms with van der Waals surface area (Å²) in [4.78, 5) is 17.1. The van der Waals surface area contributed by atoms with E-state index < -0.39 is 11.7 Å². The molecule has 3 aromatic rings. The maximum atomic E-state index is 13.1. The molecule has 1 aromatic heterocycles. The SMILES string of the molecule is COc1cc(C(F)(F)F)ccc1-c1cc(OC)c2ccc(C(=O)N[C@H](C)CCO)cc2n1. The van der Waals surface area contributed by atoms with Crippen LogP contribution in [0.25, 0.3) is 22.2 Å². The normalized spacial score (nSPS) is 12.5. The standard InChI is InChI=1S/C23H23F3N2O4/c1-13(8-9-29)27-22(30)14-4-6-16-18(10-14)28-19(12-21(16)32-3)17-7-5-15(23(24,25)26)11-20(17)31-2/h4-7,10-13,29H,8-9H2,1-3H3,(H,27,30)/t13-/m1/s1. The number of hydrogen-bond donors (Lipinski definition) is 2. The highest BCUT2D eigenvalue weighted by molar-refractivity contribution is 5.99. The number of ether oxygens (including phenoxy) is 2. The summed E-state index contributed by atoms with van der Waals surface area (Å²) >= 11 is 0. The van der Waals surface area contributed by atoms with Crippen molar-refractivity contribution in [2.45, 2.75) is 25.6 Å². The number of nitrogens with zero attached hydrogens (tertiary/aromatic N) is 1. The van der Waals surface area contributed by atoms with Gasteiger partial charge in [0.25, 0.3) is 5.91 Å². The van der Waals surface area contributed by atoms with E-state index in [1.165, 1.54) is 20.3 Å². The Morgan fingerprint density at radius 2 is 1.81 bits per heavy atom. The number of aliphatic hydroxyl groups excluding tert-OH is 1. The fraction of sp³-hybridized carbons (Fsp3) is 0.304. The highest BCUT2D eigenvalue weighted by atomic mass is 19.4. The van der Waals surface area contributed by atoms with Crippen LogP contribution in [0, 0.1) is 0 Å². The molecule has 9 heteroatoms. The van der Waals surface area contributed by atoms with Gasteiger partial charge in [-0.3, -0.25) is 4.79 Å². The van der Waals surface area contributed by atoms with E-state index in [2.05, 4.69) is 10.3 Å². The summed E-state index contributed by atoms with van der Waals surface area (Å²) in [6, 6.07) is 9.47. The molecule has 170 valence electrons. The Hall–Kier alpha value is -3.33. The number of fused-ring (bicyclic) bond motifs is 1. The van der Waals surface area contributed by atoms with E-state index in [1.54, 1.807) is 31.2 Å². The Morgan fingerprint density at radius 3 is 2.44 bits per heavy atom. The molecule has 0 saturated heterocycles. The monoisotopic (exact) mass is 448 g/mol. The lowest BCUT2D eigenvalue weighted by Crippen LogP contribution is -2.33. The predicted molar refractivity (Wildman–Crippen MR) is 114 cm³/mol. The summed E-state index contributed by atoms with van der Waals surface area (Å²) in [5, 5.41) is 12.4. The zero-order valence-electron chi connectivity index (χ0n) is 17.8. The zero-order valence-corrected chi connectivity index (χ0v) is 17.8. The Bertz CT molecular complexity index is 1130. The molecule has 3 rings (SSSR count). The van der Waals surface area contributed by atoms with Crippen molar-refractivity contribution in [2.75, 3.05) is 20.8 Å². The number of alkyl halides is 3. The van der Waals surface area contributed by atoms with Gasteiger partial charge in [-0.15, -0.1) is 0 Å². The van der Waals surface area contributed by atoms with Gasteiger partial charge in [-0.2, -0.15) is 13.2 Å². The van der Waals surface area contributed by atoms with Gasteiger partial charge in [-0.1, -0.05) is 0 Å². The lowest BCUT2D eigenvalue weighted by Gasteiger charge is -2.15. The first-order valence-corrected chi connectivity index (χ1v) is 9.84. The van der Waals surface area contributed by atoms with Crippen LogP contribution >= 0.6 is 0 Å². The Kier molecular flexibility index (Phi) is 6.88. The lowest BCUT2D eigenvalue weighted by molar-refractivity contribution is -0.137. The third kappa shape index (κ3) is 4.94. The minimum Gasteiger partial charge on any atom is -0.496 e. The first kappa shape index (κ1) is 23.3. The average molecular weight is 448 g/mol. The number of pyridine rings is 1. The lowest BCUT2D eigenvalue weighted by atomic mass is 10.0. The van der Waals surface area contributed by atoms with Crippen molar-refractivity contribution >= 4 is 16.8 Å². The molecule has 2 N–H and O–H groups in total. The van der Waals surface area contributed by atoms with Gasteiger partial charge in [0.2, 0.25) is 0 Å². The first-order valence-electron chi connectivity index (χ1n) is 9.84. The molecule has 0 fully saturated rings. The van der Waals surface area contributed by atoms with Crippen molar-refractivity contribution in [1.82, 2.24) is 10.3 Å². The van der Waals surface area contributed by atoms with Crippen LogP contribution in [0.1, 0.15) is 29.3 Å². The van der Waals surface area contributed by atoms with Crippen LogP contribution in [0.4, 0.5) is 13.2 Å². The molecule has 32 heavy (non-hydrogen) atoms. The molecule has 2 aromatic carbocycles. The number of aromatic nitrogens is 1. The van der Waals surface area contributed by atoms with Crippen molar-refractivity contribution in [2.24, 2.45) is 0 Å². The Balaban J connectivity index is 2.08. The Morgan fingerprint density at radius 1 is 1.09 bits per heavy atom. The topological polar surface area (TPSA) is 80.7 Å².